The summed E-state index contributed by atoms with van der Waals surface area (Å²) >= 11 is 0. The van der Waals surface area contributed by atoms with E-state index in [2.05, 4.69) is 15.3 Å². The molecular weight excluding hydrogens is 373 g/mol. The third kappa shape index (κ3) is 4.49. The zero-order valence-electron chi connectivity index (χ0n) is 14.7. The molecule has 0 aliphatic carbocycles. The molecule has 0 bridgehead atoms. The monoisotopic (exact) mass is 395 g/mol. The highest BCUT2D eigenvalue weighted by atomic mass is 19.1. The van der Waals surface area contributed by atoms with Crippen molar-refractivity contribution in [3.8, 4) is 11.3 Å². The molecule has 4 aromatic rings. The van der Waals surface area contributed by atoms with E-state index >= 15 is 0 Å². The van der Waals surface area contributed by atoms with Crippen LogP contribution in [0.3, 0.4) is 0 Å². The number of fused-ring (bicyclic) bond motifs is 1. The molecule has 0 unspecified atom stereocenters. The highest BCUT2D eigenvalue weighted by Gasteiger charge is 2.12. The molecule has 29 heavy (non-hydrogen) atoms. The maximum atomic E-state index is 14.1. The number of carbonyl (C=O) groups is 1. The van der Waals surface area contributed by atoms with Crippen molar-refractivity contribution in [2.24, 2.45) is 0 Å². The van der Waals surface area contributed by atoms with Crippen LogP contribution in [0.1, 0.15) is 14.4 Å². The van der Waals surface area contributed by atoms with Crippen molar-refractivity contribution in [3.63, 3.8) is 0 Å². The smallest absolute Gasteiger partial charge is 0.412 e. The number of hydrogen-bond donors (Lipinski definition) is 2. The van der Waals surface area contributed by atoms with Crippen LogP contribution >= 0.6 is 0 Å². The van der Waals surface area contributed by atoms with E-state index in [1.165, 1.54) is 24.4 Å². The van der Waals surface area contributed by atoms with Gasteiger partial charge < -0.3 is 10.5 Å². The molecular formula is C21H22FN5O2. The highest BCUT2D eigenvalue weighted by Crippen LogP contribution is 2.24. The minimum absolute atomic E-state index is 0. The van der Waals surface area contributed by atoms with Crippen molar-refractivity contribution < 1.29 is 15.3 Å². The summed E-state index contributed by atoms with van der Waals surface area (Å²) in [6, 6.07) is 13.6. The van der Waals surface area contributed by atoms with Crippen LogP contribution in [0.15, 0.2) is 67.1 Å². The molecule has 2 heterocycles. The van der Waals surface area contributed by atoms with E-state index < -0.39 is 11.9 Å². The van der Waals surface area contributed by atoms with Crippen LogP contribution in [0, 0.1) is 5.82 Å². The van der Waals surface area contributed by atoms with Crippen molar-refractivity contribution in [1.82, 2.24) is 14.4 Å². The van der Waals surface area contributed by atoms with Gasteiger partial charge in [0.1, 0.15) is 12.4 Å². The van der Waals surface area contributed by atoms with E-state index in [0.29, 0.717) is 22.8 Å². The Morgan fingerprint density at radius 2 is 2.00 bits per heavy atom. The van der Waals surface area contributed by atoms with Gasteiger partial charge in [0.25, 0.3) is 0 Å². The van der Waals surface area contributed by atoms with Gasteiger partial charge in [-0.05, 0) is 23.8 Å². The van der Waals surface area contributed by atoms with Crippen molar-refractivity contribution in [3.05, 3.63) is 78.5 Å². The number of imidazole rings is 1. The molecule has 150 valence electrons. The van der Waals surface area contributed by atoms with Crippen molar-refractivity contribution >= 4 is 23.2 Å². The lowest BCUT2D eigenvalue weighted by atomic mass is 10.1. The molecule has 4 rings (SSSR count). The number of halogens is 1. The minimum Gasteiger partial charge on any atom is -0.444 e. The number of nitrogens with one attached hydrogen (secondary N) is 1. The first-order valence-electron chi connectivity index (χ1n) is 8.46. The van der Waals surface area contributed by atoms with Gasteiger partial charge in [0.15, 0.2) is 0 Å². The van der Waals surface area contributed by atoms with Gasteiger partial charge in [-0.1, -0.05) is 37.8 Å². The van der Waals surface area contributed by atoms with Crippen LogP contribution in [-0.2, 0) is 11.3 Å². The molecule has 0 radical (unpaired) electrons. The number of nitrogen functional groups attached to an aromatic ring is 1. The van der Waals surface area contributed by atoms with Gasteiger partial charge in [-0.25, -0.2) is 19.2 Å². The second kappa shape index (κ2) is 8.39. The first-order valence-corrected chi connectivity index (χ1v) is 8.46. The Morgan fingerprint density at radius 3 is 2.79 bits per heavy atom. The molecule has 2 aromatic carbocycles. The van der Waals surface area contributed by atoms with Gasteiger partial charge in [0.05, 0.1) is 17.6 Å². The van der Waals surface area contributed by atoms with Crippen LogP contribution in [0.5, 0.6) is 0 Å². The first kappa shape index (κ1) is 19.8. The molecule has 0 saturated heterocycles. The summed E-state index contributed by atoms with van der Waals surface area (Å²) in [4.78, 5) is 20.5. The predicted molar refractivity (Wildman–Crippen MR) is 112 cm³/mol. The maximum Gasteiger partial charge on any atom is 0.412 e. The molecule has 2 aromatic heterocycles. The number of benzene rings is 2. The Kier molecular flexibility index (Phi) is 5.73. The first-order chi connectivity index (χ1) is 13.6. The second-order valence-electron chi connectivity index (χ2n) is 6.10. The molecule has 8 heteroatoms. The van der Waals surface area contributed by atoms with Gasteiger partial charge >= 0.3 is 6.09 Å². The Bertz CT molecular complexity index is 1150. The molecule has 3 N–H and O–H groups in total. The van der Waals surface area contributed by atoms with E-state index in [-0.39, 0.29) is 21.0 Å². The number of hydrogen-bond acceptors (Lipinski definition) is 5. The summed E-state index contributed by atoms with van der Waals surface area (Å²) in [6.07, 6.45) is 4.08. The zero-order valence-corrected chi connectivity index (χ0v) is 14.7. The number of rotatable bonds is 4. The van der Waals surface area contributed by atoms with Crippen molar-refractivity contribution in [2.45, 2.75) is 14.0 Å². The summed E-state index contributed by atoms with van der Waals surface area (Å²) in [5.41, 5.74) is 8.14. The van der Waals surface area contributed by atoms with E-state index in [4.69, 9.17) is 10.5 Å². The van der Waals surface area contributed by atoms with Crippen LogP contribution in [0.25, 0.3) is 17.0 Å². The number of nitrogens with two attached hydrogens (primary N) is 1. The molecule has 1 amide bonds. The van der Waals surface area contributed by atoms with E-state index in [1.54, 1.807) is 16.8 Å². The number of carbonyl (C=O) groups excluding carboxylic acids is 1. The van der Waals surface area contributed by atoms with Gasteiger partial charge in [-0.3, -0.25) is 9.72 Å². The van der Waals surface area contributed by atoms with Crippen LogP contribution in [0.4, 0.5) is 20.6 Å². The van der Waals surface area contributed by atoms with Crippen LogP contribution in [0.2, 0.25) is 0 Å². The molecule has 0 aliphatic rings. The zero-order chi connectivity index (χ0) is 19.5. The largest absolute Gasteiger partial charge is 0.444 e. The Labute approximate surface area is 168 Å². The lowest BCUT2D eigenvalue weighted by Crippen LogP contribution is -2.14. The topological polar surface area (TPSA) is 94.5 Å². The van der Waals surface area contributed by atoms with Crippen molar-refractivity contribution in [1.29, 1.82) is 0 Å². The van der Waals surface area contributed by atoms with Crippen LogP contribution in [-0.4, -0.2) is 20.5 Å². The molecule has 0 fully saturated rings. The van der Waals surface area contributed by atoms with Crippen LogP contribution < -0.4 is 11.1 Å². The Morgan fingerprint density at radius 1 is 1.21 bits per heavy atom. The lowest BCUT2D eigenvalue weighted by molar-refractivity contribution is 0.155. The minimum atomic E-state index is -0.604. The molecule has 0 aliphatic heterocycles. The highest BCUT2D eigenvalue weighted by molar-refractivity contribution is 5.84. The van der Waals surface area contributed by atoms with E-state index in [9.17, 15) is 9.18 Å². The third-order valence-corrected chi connectivity index (χ3v) is 4.04. The maximum absolute atomic E-state index is 14.1. The number of nitrogens with zero attached hydrogens (tertiary/aromatic N) is 3. The molecule has 0 saturated carbocycles. The SMILES string of the molecule is C.Nc1ccc(F)c(-c2cn3cc(NC(=O)OCc4ccccc4)cnc3n2)c1.[HH]. The normalized spacial score (nSPS) is 10.4. The summed E-state index contributed by atoms with van der Waals surface area (Å²) < 4.78 is 20.8. The number of aromatic nitrogens is 3. The Hall–Kier alpha value is -3.94. The van der Waals surface area contributed by atoms with Gasteiger partial charge in [0, 0.05) is 25.1 Å². The van der Waals surface area contributed by atoms with Crippen molar-refractivity contribution in [2.75, 3.05) is 11.1 Å². The average molecular weight is 395 g/mol. The predicted octanol–water partition coefficient (Wildman–Crippen LogP) is 4.75. The fourth-order valence-corrected chi connectivity index (χ4v) is 2.70. The third-order valence-electron chi connectivity index (χ3n) is 4.04. The lowest BCUT2D eigenvalue weighted by Gasteiger charge is -2.07. The number of amides is 1. The summed E-state index contributed by atoms with van der Waals surface area (Å²) in [5.74, 6) is -0.0690. The molecule has 7 nitrogen and oxygen atoms in total. The molecule has 0 atom stereocenters. The Balaban J connectivity index is 0.00000160. The molecule has 0 spiro atoms. The fraction of sp³-hybridized carbons (Fsp3) is 0.0952. The average Bonchev–Trinajstić information content (AvgIpc) is 3.12. The standard InChI is InChI=1S/C20H16FN5O2.CH4.H2/c21-17-7-6-14(22)8-16(17)18-11-26-10-15(9-23-19(26)25-18)24-20(27)28-12-13-4-2-1-3-5-13;;/h1-11H,12,22H2,(H,24,27);1H4;1H. The van der Waals surface area contributed by atoms with E-state index in [0.717, 1.165) is 5.56 Å². The summed E-state index contributed by atoms with van der Waals surface area (Å²) in [6.45, 7) is 0.159. The van der Waals surface area contributed by atoms with Gasteiger partial charge in [-0.2, -0.15) is 0 Å². The van der Waals surface area contributed by atoms with Gasteiger partial charge in [0.2, 0.25) is 5.78 Å². The summed E-state index contributed by atoms with van der Waals surface area (Å²) in [5, 5.41) is 2.61. The number of anilines is 2. The second-order valence-corrected chi connectivity index (χ2v) is 6.10. The summed E-state index contributed by atoms with van der Waals surface area (Å²) in [7, 11) is 0. The fourth-order valence-electron chi connectivity index (χ4n) is 2.70. The van der Waals surface area contributed by atoms with E-state index in [1.807, 2.05) is 30.3 Å². The quantitative estimate of drug-likeness (QED) is 0.486. The number of ether oxygens (including phenoxy) is 1. The van der Waals surface area contributed by atoms with Gasteiger partial charge in [-0.15, -0.1) is 0 Å².